The lowest BCUT2D eigenvalue weighted by Gasteiger charge is -2.34. The van der Waals surface area contributed by atoms with Gasteiger partial charge in [-0.25, -0.2) is 0 Å². The van der Waals surface area contributed by atoms with Crippen molar-refractivity contribution in [1.29, 1.82) is 0 Å². The molecule has 0 aliphatic carbocycles. The molecular weight excluding hydrogens is 436 g/mol. The number of halogens is 1. The van der Waals surface area contributed by atoms with Crippen LogP contribution in [0, 0.1) is 25.7 Å². The number of rotatable bonds is 6. The van der Waals surface area contributed by atoms with Crippen LogP contribution in [-0.2, 0) is 11.3 Å². The lowest BCUT2D eigenvalue weighted by molar-refractivity contribution is -0.126. The van der Waals surface area contributed by atoms with Crippen LogP contribution in [0.1, 0.15) is 53.0 Å². The number of aromatic amines is 1. The van der Waals surface area contributed by atoms with Gasteiger partial charge in [0.25, 0.3) is 5.91 Å². The van der Waals surface area contributed by atoms with E-state index in [2.05, 4.69) is 27.3 Å². The van der Waals surface area contributed by atoms with Crippen LogP contribution in [-0.4, -0.2) is 59.3 Å². The Morgan fingerprint density at radius 2 is 1.82 bits per heavy atom. The van der Waals surface area contributed by atoms with Gasteiger partial charge in [-0.15, -0.1) is 0 Å². The SMILES string of the molecule is Cc1cc(C)c(C(=O)N2CCCC(C(=O)NCC3CCN(Cc4ccc(Cl)cc4)CC3)C2)[nH]1. The summed E-state index contributed by atoms with van der Waals surface area (Å²) in [6, 6.07) is 10.1. The average Bonchev–Trinajstić information content (AvgIpc) is 3.17. The molecule has 6 nitrogen and oxygen atoms in total. The lowest BCUT2D eigenvalue weighted by atomic mass is 9.94. The van der Waals surface area contributed by atoms with Crippen molar-refractivity contribution in [3.8, 4) is 0 Å². The van der Waals surface area contributed by atoms with E-state index < -0.39 is 0 Å². The van der Waals surface area contributed by atoms with Crippen molar-refractivity contribution in [2.75, 3.05) is 32.7 Å². The number of amides is 2. The van der Waals surface area contributed by atoms with Gasteiger partial charge in [-0.2, -0.15) is 0 Å². The lowest BCUT2D eigenvalue weighted by Crippen LogP contribution is -2.47. The normalized spacial score (nSPS) is 20.1. The number of hydrogen-bond donors (Lipinski definition) is 2. The second kappa shape index (κ2) is 10.7. The molecule has 1 atom stereocenters. The molecule has 0 bridgehead atoms. The van der Waals surface area contributed by atoms with Crippen molar-refractivity contribution in [2.24, 2.45) is 11.8 Å². The van der Waals surface area contributed by atoms with Gasteiger partial charge in [-0.05, 0) is 87.9 Å². The second-order valence-electron chi connectivity index (χ2n) is 9.69. The van der Waals surface area contributed by atoms with E-state index >= 15 is 0 Å². The van der Waals surface area contributed by atoms with Gasteiger partial charge < -0.3 is 15.2 Å². The maximum Gasteiger partial charge on any atom is 0.270 e. The molecule has 178 valence electrons. The molecule has 2 saturated heterocycles. The van der Waals surface area contributed by atoms with Crippen LogP contribution in [0.3, 0.4) is 0 Å². The third kappa shape index (κ3) is 6.18. The van der Waals surface area contributed by atoms with Crippen LogP contribution in [0.5, 0.6) is 0 Å². The Morgan fingerprint density at radius 3 is 2.48 bits per heavy atom. The molecule has 2 N–H and O–H groups in total. The molecule has 7 heteroatoms. The third-order valence-corrected chi connectivity index (χ3v) is 7.29. The standard InChI is InChI=1S/C26H35ClN4O2/c1-18-14-19(2)29-24(18)26(33)31-11-3-4-22(17-31)25(32)28-15-20-9-12-30(13-10-20)16-21-5-7-23(27)8-6-21/h5-8,14,20,22,29H,3-4,9-13,15-17H2,1-2H3,(H,28,32). The van der Waals surface area contributed by atoms with Crippen molar-refractivity contribution >= 4 is 23.4 Å². The van der Waals surface area contributed by atoms with Gasteiger partial charge in [0.1, 0.15) is 5.69 Å². The fourth-order valence-electron chi connectivity index (χ4n) is 5.07. The Hall–Kier alpha value is -2.31. The average molecular weight is 471 g/mol. The van der Waals surface area contributed by atoms with Crippen molar-refractivity contribution in [3.63, 3.8) is 0 Å². The monoisotopic (exact) mass is 470 g/mol. The summed E-state index contributed by atoms with van der Waals surface area (Å²) in [6.07, 6.45) is 3.90. The van der Waals surface area contributed by atoms with Gasteiger partial charge >= 0.3 is 0 Å². The molecule has 33 heavy (non-hydrogen) atoms. The summed E-state index contributed by atoms with van der Waals surface area (Å²) in [7, 11) is 0. The minimum Gasteiger partial charge on any atom is -0.356 e. The zero-order chi connectivity index (χ0) is 23.4. The summed E-state index contributed by atoms with van der Waals surface area (Å²) >= 11 is 5.98. The first-order valence-electron chi connectivity index (χ1n) is 12.1. The maximum atomic E-state index is 12.9. The highest BCUT2D eigenvalue weighted by atomic mass is 35.5. The van der Waals surface area contributed by atoms with Crippen molar-refractivity contribution in [1.82, 2.24) is 20.1 Å². The maximum absolute atomic E-state index is 12.9. The number of carbonyl (C=O) groups is 2. The van der Waals surface area contributed by atoms with Crippen molar-refractivity contribution < 1.29 is 9.59 Å². The Kier molecular flexibility index (Phi) is 7.76. The Labute approximate surface area is 201 Å². The molecule has 1 aromatic carbocycles. The van der Waals surface area contributed by atoms with Crippen LogP contribution in [0.4, 0.5) is 0 Å². The fourth-order valence-corrected chi connectivity index (χ4v) is 5.20. The minimum absolute atomic E-state index is 0.00570. The van der Waals surface area contributed by atoms with E-state index in [0.29, 0.717) is 24.7 Å². The van der Waals surface area contributed by atoms with Gasteiger partial charge in [0.15, 0.2) is 0 Å². The second-order valence-corrected chi connectivity index (χ2v) is 10.1. The molecule has 3 heterocycles. The highest BCUT2D eigenvalue weighted by molar-refractivity contribution is 6.30. The van der Waals surface area contributed by atoms with E-state index in [1.165, 1.54) is 5.56 Å². The largest absolute Gasteiger partial charge is 0.356 e. The molecule has 0 spiro atoms. The topological polar surface area (TPSA) is 68.4 Å². The van der Waals surface area contributed by atoms with Crippen LogP contribution in [0.15, 0.2) is 30.3 Å². The molecule has 0 saturated carbocycles. The van der Waals surface area contributed by atoms with Crippen molar-refractivity contribution in [3.05, 3.63) is 57.9 Å². The summed E-state index contributed by atoms with van der Waals surface area (Å²) in [6.45, 7) is 8.89. The number of H-pyrrole nitrogens is 1. The first-order chi connectivity index (χ1) is 15.9. The molecular formula is C26H35ClN4O2. The van der Waals surface area contributed by atoms with Gasteiger partial charge in [-0.1, -0.05) is 23.7 Å². The molecule has 2 aromatic rings. The molecule has 2 aliphatic rings. The number of carbonyl (C=O) groups excluding carboxylic acids is 2. The highest BCUT2D eigenvalue weighted by Crippen LogP contribution is 2.22. The molecule has 2 aliphatic heterocycles. The van der Waals surface area contributed by atoms with E-state index in [4.69, 9.17) is 11.6 Å². The summed E-state index contributed by atoms with van der Waals surface area (Å²) in [5, 5.41) is 3.96. The number of nitrogens with one attached hydrogen (secondary N) is 2. The molecule has 1 aromatic heterocycles. The fraction of sp³-hybridized carbons (Fsp3) is 0.538. The Balaban J connectivity index is 1.21. The number of nitrogens with zero attached hydrogens (tertiary/aromatic N) is 2. The number of aryl methyl sites for hydroxylation is 2. The van der Waals surface area contributed by atoms with E-state index in [-0.39, 0.29) is 17.7 Å². The van der Waals surface area contributed by atoms with Crippen LogP contribution in [0.25, 0.3) is 0 Å². The minimum atomic E-state index is -0.121. The summed E-state index contributed by atoms with van der Waals surface area (Å²) in [4.78, 5) is 33.3. The molecule has 2 amide bonds. The van der Waals surface area contributed by atoms with Gasteiger partial charge in [-0.3, -0.25) is 14.5 Å². The number of piperidine rings is 2. The Morgan fingerprint density at radius 1 is 1.09 bits per heavy atom. The van der Waals surface area contributed by atoms with Crippen LogP contribution >= 0.6 is 11.6 Å². The zero-order valence-electron chi connectivity index (χ0n) is 19.7. The molecule has 0 radical (unpaired) electrons. The Bertz CT molecular complexity index is 963. The first-order valence-corrected chi connectivity index (χ1v) is 12.5. The number of benzene rings is 1. The highest BCUT2D eigenvalue weighted by Gasteiger charge is 2.30. The summed E-state index contributed by atoms with van der Waals surface area (Å²) < 4.78 is 0. The van der Waals surface area contributed by atoms with E-state index in [0.717, 1.165) is 68.1 Å². The van der Waals surface area contributed by atoms with Gasteiger partial charge in [0.05, 0.1) is 5.92 Å². The predicted molar refractivity (Wildman–Crippen MR) is 131 cm³/mol. The molecule has 1 unspecified atom stereocenters. The quantitative estimate of drug-likeness (QED) is 0.665. The predicted octanol–water partition coefficient (Wildman–Crippen LogP) is 4.17. The van der Waals surface area contributed by atoms with E-state index in [1.54, 1.807) is 0 Å². The van der Waals surface area contributed by atoms with Crippen molar-refractivity contribution in [2.45, 2.75) is 46.1 Å². The first kappa shape index (κ1) is 23.8. The smallest absolute Gasteiger partial charge is 0.270 e. The summed E-state index contributed by atoms with van der Waals surface area (Å²) in [5.41, 5.74) is 3.89. The summed E-state index contributed by atoms with van der Waals surface area (Å²) in [5.74, 6) is 0.493. The van der Waals surface area contributed by atoms with Gasteiger partial charge in [0, 0.05) is 36.9 Å². The van der Waals surface area contributed by atoms with E-state index in [9.17, 15) is 9.59 Å². The van der Waals surface area contributed by atoms with Crippen LogP contribution in [0.2, 0.25) is 5.02 Å². The number of hydrogen-bond acceptors (Lipinski definition) is 3. The molecule has 4 rings (SSSR count). The third-order valence-electron chi connectivity index (χ3n) is 7.03. The molecule has 2 fully saturated rings. The van der Waals surface area contributed by atoms with E-state index in [1.807, 2.05) is 36.9 Å². The number of likely N-dealkylation sites (tertiary alicyclic amines) is 2. The van der Waals surface area contributed by atoms with Crippen LogP contribution < -0.4 is 5.32 Å². The van der Waals surface area contributed by atoms with Gasteiger partial charge in [0.2, 0.25) is 5.91 Å². The number of aromatic nitrogens is 1. The zero-order valence-corrected chi connectivity index (χ0v) is 20.5.